The van der Waals surface area contributed by atoms with Gasteiger partial charge in [-0.05, 0) is 102 Å². The minimum absolute atomic E-state index is 0.794. The first-order chi connectivity index (χ1) is 30.2. The molecule has 0 atom stereocenters. The molecule has 0 unspecified atom stereocenters. The van der Waals surface area contributed by atoms with Gasteiger partial charge in [0, 0.05) is 16.3 Å². The maximum atomic E-state index is 5.70. The summed E-state index contributed by atoms with van der Waals surface area (Å²) in [4.78, 5) is 11.3. The van der Waals surface area contributed by atoms with Gasteiger partial charge in [-0.25, -0.2) is 9.97 Å². The maximum Gasteiger partial charge on any atom is 0.165 e. The van der Waals surface area contributed by atoms with Gasteiger partial charge in [0.2, 0.25) is 0 Å². The lowest BCUT2D eigenvalue weighted by molar-refractivity contribution is 1.08. The molecule has 0 fully saturated rings. The average molecular weight is 776 g/mol. The zero-order valence-electron chi connectivity index (χ0n) is 33.2. The third kappa shape index (κ3) is 6.06. The molecule has 0 aliphatic carbocycles. The number of hydrogen-bond acceptors (Lipinski definition) is 2. The van der Waals surface area contributed by atoms with E-state index in [0.717, 1.165) is 67.0 Å². The molecule has 12 rings (SSSR count). The normalized spacial score (nSPS) is 11.6. The summed E-state index contributed by atoms with van der Waals surface area (Å²) in [6.07, 6.45) is 0. The van der Waals surface area contributed by atoms with Crippen LogP contribution in [0.15, 0.2) is 224 Å². The molecule has 3 nitrogen and oxygen atoms in total. The molecule has 284 valence electrons. The third-order valence-electron chi connectivity index (χ3n) is 12.1. The number of fused-ring (bicyclic) bond motifs is 6. The molecule has 0 saturated carbocycles. The van der Waals surface area contributed by atoms with Crippen LogP contribution in [0.25, 0.3) is 116 Å². The van der Waals surface area contributed by atoms with Gasteiger partial charge in [-0.15, -0.1) is 0 Å². The molecule has 12 aromatic rings. The highest BCUT2D eigenvalue weighted by atomic mass is 15.1. The highest BCUT2D eigenvalue weighted by molar-refractivity contribution is 6.14. The topological polar surface area (TPSA) is 30.7 Å². The molecule has 2 aromatic heterocycles. The van der Waals surface area contributed by atoms with Crippen molar-refractivity contribution in [2.24, 2.45) is 0 Å². The molecule has 0 spiro atoms. The molecule has 0 saturated heterocycles. The lowest BCUT2D eigenvalue weighted by Gasteiger charge is -2.17. The Hall–Kier alpha value is -8.14. The van der Waals surface area contributed by atoms with Crippen molar-refractivity contribution in [3.63, 3.8) is 0 Å². The van der Waals surface area contributed by atoms with E-state index in [2.05, 4.69) is 229 Å². The fraction of sp³-hybridized carbons (Fsp3) is 0. The molecule has 0 aliphatic heterocycles. The van der Waals surface area contributed by atoms with E-state index >= 15 is 0 Å². The minimum Gasteiger partial charge on any atom is -0.292 e. The predicted octanol–water partition coefficient (Wildman–Crippen LogP) is 15.4. The molecule has 0 radical (unpaired) electrons. The molecule has 61 heavy (non-hydrogen) atoms. The van der Waals surface area contributed by atoms with Gasteiger partial charge in [0.25, 0.3) is 0 Å². The third-order valence-corrected chi connectivity index (χ3v) is 12.1. The van der Waals surface area contributed by atoms with Crippen LogP contribution in [0.4, 0.5) is 0 Å². The Morgan fingerprint density at radius 1 is 0.279 bits per heavy atom. The highest BCUT2D eigenvalue weighted by Gasteiger charge is 2.22. The van der Waals surface area contributed by atoms with Crippen LogP contribution in [-0.2, 0) is 0 Å². The van der Waals surface area contributed by atoms with Crippen LogP contribution < -0.4 is 0 Å². The fourth-order valence-corrected chi connectivity index (χ4v) is 9.09. The molecule has 3 heteroatoms. The Balaban J connectivity index is 1.15. The first-order valence-electron chi connectivity index (χ1n) is 20.8. The number of rotatable bonds is 6. The second kappa shape index (κ2) is 14.3. The molecule has 0 N–H and O–H groups in total. The average Bonchev–Trinajstić information content (AvgIpc) is 3.65. The van der Waals surface area contributed by atoms with Crippen LogP contribution >= 0.6 is 0 Å². The van der Waals surface area contributed by atoms with Crippen molar-refractivity contribution < 1.29 is 0 Å². The summed E-state index contributed by atoms with van der Waals surface area (Å²) in [5, 5.41) is 7.19. The largest absolute Gasteiger partial charge is 0.292 e. The van der Waals surface area contributed by atoms with E-state index < -0.39 is 0 Å². The van der Waals surface area contributed by atoms with Crippen molar-refractivity contribution >= 4 is 54.4 Å². The first-order valence-corrected chi connectivity index (χ1v) is 20.8. The van der Waals surface area contributed by atoms with E-state index in [-0.39, 0.29) is 0 Å². The molecule has 0 aliphatic rings. The smallest absolute Gasteiger partial charge is 0.165 e. The van der Waals surface area contributed by atoms with E-state index in [9.17, 15) is 0 Å². The van der Waals surface area contributed by atoms with Gasteiger partial charge in [-0.3, -0.25) is 4.57 Å². The van der Waals surface area contributed by atoms with Crippen LogP contribution in [0.2, 0.25) is 0 Å². The van der Waals surface area contributed by atoms with Crippen LogP contribution in [0.1, 0.15) is 0 Å². The van der Waals surface area contributed by atoms with Gasteiger partial charge in [0.15, 0.2) is 5.82 Å². The molecule has 2 heterocycles. The highest BCUT2D eigenvalue weighted by Crippen LogP contribution is 2.41. The summed E-state index contributed by atoms with van der Waals surface area (Å²) in [7, 11) is 0. The lowest BCUT2D eigenvalue weighted by atomic mass is 9.92. The van der Waals surface area contributed by atoms with E-state index in [0.29, 0.717) is 0 Å². The number of nitrogens with zero attached hydrogens (tertiary/aromatic N) is 3. The Morgan fingerprint density at radius 2 is 0.738 bits per heavy atom. The first kappa shape index (κ1) is 34.9. The van der Waals surface area contributed by atoms with Gasteiger partial charge in [-0.2, -0.15) is 0 Å². The summed E-state index contributed by atoms with van der Waals surface area (Å²) in [6, 6.07) is 80.5. The zero-order chi connectivity index (χ0) is 40.3. The van der Waals surface area contributed by atoms with Crippen molar-refractivity contribution in [2.45, 2.75) is 0 Å². The van der Waals surface area contributed by atoms with Crippen LogP contribution in [0, 0.1) is 0 Å². The van der Waals surface area contributed by atoms with E-state index in [1.807, 2.05) is 0 Å². The van der Waals surface area contributed by atoms with Crippen LogP contribution in [0.3, 0.4) is 0 Å². The minimum atomic E-state index is 0.794. The van der Waals surface area contributed by atoms with Crippen molar-refractivity contribution in [1.82, 2.24) is 14.5 Å². The number of aromatic nitrogens is 3. The van der Waals surface area contributed by atoms with Crippen molar-refractivity contribution in [3.05, 3.63) is 224 Å². The monoisotopic (exact) mass is 775 g/mol. The number of hydrogen-bond donors (Lipinski definition) is 0. The Bertz CT molecular complexity index is 3610. The maximum absolute atomic E-state index is 5.70. The number of benzene rings is 10. The van der Waals surface area contributed by atoms with Gasteiger partial charge in [0.1, 0.15) is 5.69 Å². The van der Waals surface area contributed by atoms with Crippen LogP contribution in [-0.4, -0.2) is 14.5 Å². The standard InChI is InChI=1S/C58H37N3/c1-4-14-38(15-5-1)40-24-27-42(28-25-40)51-37-54-53(36-50(51)41-17-6-2-7-18-41)59-57(43-19-8-3-9-20-43)58(60-54)61-55-35-48(47-29-26-39-16-10-11-21-44(39)32-47)30-31-49(55)52-33-45-22-12-13-23-46(45)34-56(52)61/h1-37H. The van der Waals surface area contributed by atoms with Crippen molar-refractivity contribution in [1.29, 1.82) is 0 Å². The van der Waals surface area contributed by atoms with E-state index in [1.165, 1.54) is 49.0 Å². The SMILES string of the molecule is c1ccc(-c2ccc(-c3cc4nc(-n5c6cc(-c7ccc8ccccc8c7)ccc6c6cc7ccccc7cc65)c(-c5ccccc5)nc4cc3-c3ccccc3)cc2)cc1. The van der Waals surface area contributed by atoms with Crippen LogP contribution in [0.5, 0.6) is 0 Å². The van der Waals surface area contributed by atoms with Gasteiger partial charge in [0.05, 0.1) is 22.1 Å². The zero-order valence-corrected chi connectivity index (χ0v) is 33.2. The molecular formula is C58H37N3. The fourth-order valence-electron chi connectivity index (χ4n) is 9.09. The molecular weight excluding hydrogens is 739 g/mol. The molecule has 0 bridgehead atoms. The van der Waals surface area contributed by atoms with Crippen molar-refractivity contribution in [3.8, 4) is 61.6 Å². The Kier molecular flexibility index (Phi) is 8.17. The Labute approximate surface area is 353 Å². The molecule has 10 aromatic carbocycles. The van der Waals surface area contributed by atoms with Crippen molar-refractivity contribution in [2.75, 3.05) is 0 Å². The summed E-state index contributed by atoms with van der Waals surface area (Å²) in [5.41, 5.74) is 14.9. The Morgan fingerprint density at radius 3 is 1.43 bits per heavy atom. The van der Waals surface area contributed by atoms with E-state index in [1.54, 1.807) is 0 Å². The summed E-state index contributed by atoms with van der Waals surface area (Å²) in [5.74, 6) is 0.794. The van der Waals surface area contributed by atoms with Gasteiger partial charge >= 0.3 is 0 Å². The lowest BCUT2D eigenvalue weighted by Crippen LogP contribution is -2.04. The molecule has 0 amide bonds. The second-order valence-corrected chi connectivity index (χ2v) is 15.8. The van der Waals surface area contributed by atoms with E-state index in [4.69, 9.17) is 9.97 Å². The summed E-state index contributed by atoms with van der Waals surface area (Å²) in [6.45, 7) is 0. The predicted molar refractivity (Wildman–Crippen MR) is 256 cm³/mol. The van der Waals surface area contributed by atoms with Gasteiger partial charge < -0.3 is 0 Å². The second-order valence-electron chi connectivity index (χ2n) is 15.8. The summed E-state index contributed by atoms with van der Waals surface area (Å²) >= 11 is 0. The summed E-state index contributed by atoms with van der Waals surface area (Å²) < 4.78 is 2.36. The quantitative estimate of drug-likeness (QED) is 0.168. The van der Waals surface area contributed by atoms with Gasteiger partial charge in [-0.1, -0.05) is 188 Å².